The first kappa shape index (κ1) is 15.8. The van der Waals surface area contributed by atoms with Crippen molar-refractivity contribution in [2.24, 2.45) is 0 Å². The minimum absolute atomic E-state index is 0.00373. The van der Waals surface area contributed by atoms with Gasteiger partial charge in [-0.2, -0.15) is 0 Å². The number of rotatable bonds is 2. The lowest BCUT2D eigenvalue weighted by Gasteiger charge is -2.37. The molecule has 5 nitrogen and oxygen atoms in total. The summed E-state index contributed by atoms with van der Waals surface area (Å²) in [6, 6.07) is 8.29. The zero-order chi connectivity index (χ0) is 16.2. The fourth-order valence-electron chi connectivity index (χ4n) is 3.62. The Balaban J connectivity index is 1.63. The third-order valence-corrected chi connectivity index (χ3v) is 4.87. The molecule has 0 spiro atoms. The molecule has 3 amide bonds. The minimum Gasteiger partial charge on any atom is -0.339 e. The van der Waals surface area contributed by atoms with Crippen LogP contribution in [0, 0.1) is 0 Å². The van der Waals surface area contributed by atoms with Crippen molar-refractivity contribution in [1.82, 2.24) is 15.1 Å². The van der Waals surface area contributed by atoms with Gasteiger partial charge in [0.25, 0.3) is 0 Å². The van der Waals surface area contributed by atoms with Gasteiger partial charge in [0.1, 0.15) is 0 Å². The van der Waals surface area contributed by atoms with Crippen LogP contribution in [0.15, 0.2) is 24.3 Å². The van der Waals surface area contributed by atoms with Gasteiger partial charge in [-0.25, -0.2) is 4.79 Å². The molecule has 1 aliphatic heterocycles. The molecule has 23 heavy (non-hydrogen) atoms. The van der Waals surface area contributed by atoms with Crippen molar-refractivity contribution >= 4 is 11.9 Å². The summed E-state index contributed by atoms with van der Waals surface area (Å²) in [5.74, 6) is 0.226. The van der Waals surface area contributed by atoms with Crippen LogP contribution in [0.3, 0.4) is 0 Å². The van der Waals surface area contributed by atoms with Crippen LogP contribution in [0.1, 0.15) is 36.8 Å². The number of hydrogen-bond acceptors (Lipinski definition) is 2. The monoisotopic (exact) mass is 315 g/mol. The molecule has 3 rings (SSSR count). The topological polar surface area (TPSA) is 52.7 Å². The lowest BCUT2D eigenvalue weighted by atomic mass is 9.82. The number of urea groups is 1. The Bertz CT molecular complexity index is 579. The second-order valence-corrected chi connectivity index (χ2v) is 6.29. The maximum absolute atomic E-state index is 12.9. The predicted octanol–water partition coefficient (Wildman–Crippen LogP) is 1.98. The van der Waals surface area contributed by atoms with Crippen molar-refractivity contribution < 1.29 is 9.59 Å². The van der Waals surface area contributed by atoms with E-state index in [0.717, 1.165) is 19.3 Å². The summed E-state index contributed by atoms with van der Waals surface area (Å²) in [6.45, 7) is 5.05. The Labute approximate surface area is 137 Å². The van der Waals surface area contributed by atoms with Gasteiger partial charge >= 0.3 is 6.03 Å². The smallest absolute Gasteiger partial charge is 0.317 e. The first-order valence-electron chi connectivity index (χ1n) is 8.60. The number of carbonyl (C=O) groups is 2. The molecule has 0 unspecified atom stereocenters. The maximum atomic E-state index is 12.9. The highest BCUT2D eigenvalue weighted by molar-refractivity contribution is 5.85. The van der Waals surface area contributed by atoms with E-state index in [1.165, 1.54) is 11.1 Å². The number of benzene rings is 1. The molecule has 124 valence electrons. The van der Waals surface area contributed by atoms with Gasteiger partial charge in [0.15, 0.2) is 0 Å². The fraction of sp³-hybridized carbons (Fsp3) is 0.556. The molecular formula is C18H25N3O2. The Kier molecular flexibility index (Phi) is 4.84. The molecule has 0 bridgehead atoms. The lowest BCUT2D eigenvalue weighted by molar-refractivity contribution is -0.134. The van der Waals surface area contributed by atoms with E-state index >= 15 is 0 Å². The molecule has 1 heterocycles. The quantitative estimate of drug-likeness (QED) is 0.907. The highest BCUT2D eigenvalue weighted by Crippen LogP contribution is 2.33. The van der Waals surface area contributed by atoms with Crippen molar-refractivity contribution in [1.29, 1.82) is 0 Å². The van der Waals surface area contributed by atoms with E-state index < -0.39 is 0 Å². The SMILES string of the molecule is CCNC(=O)N1CCN(C(=O)[C@H]2CCCc3ccccc32)CC1. The molecule has 1 saturated heterocycles. The van der Waals surface area contributed by atoms with Crippen LogP contribution in [0.5, 0.6) is 0 Å². The molecule has 1 fully saturated rings. The average molecular weight is 315 g/mol. The van der Waals surface area contributed by atoms with Crippen molar-refractivity contribution in [3.63, 3.8) is 0 Å². The van der Waals surface area contributed by atoms with Gasteiger partial charge in [-0.05, 0) is 37.3 Å². The molecule has 1 atom stereocenters. The zero-order valence-electron chi connectivity index (χ0n) is 13.8. The highest BCUT2D eigenvalue weighted by atomic mass is 16.2. The fourth-order valence-corrected chi connectivity index (χ4v) is 3.62. The van der Waals surface area contributed by atoms with Crippen LogP contribution < -0.4 is 5.32 Å². The van der Waals surface area contributed by atoms with Gasteiger partial charge in [0, 0.05) is 32.7 Å². The summed E-state index contributed by atoms with van der Waals surface area (Å²) in [7, 11) is 0. The predicted molar refractivity (Wildman–Crippen MR) is 89.3 cm³/mol. The summed E-state index contributed by atoms with van der Waals surface area (Å²) in [6.07, 6.45) is 3.09. The molecule has 5 heteroatoms. The number of piperazine rings is 1. The maximum Gasteiger partial charge on any atom is 0.317 e. The molecule has 0 saturated carbocycles. The Morgan fingerprint density at radius 2 is 1.83 bits per heavy atom. The Morgan fingerprint density at radius 3 is 2.57 bits per heavy atom. The molecular weight excluding hydrogens is 290 g/mol. The van der Waals surface area contributed by atoms with Crippen molar-refractivity contribution in [3.8, 4) is 0 Å². The van der Waals surface area contributed by atoms with Gasteiger partial charge in [-0.3, -0.25) is 4.79 Å². The van der Waals surface area contributed by atoms with E-state index in [-0.39, 0.29) is 17.9 Å². The van der Waals surface area contributed by atoms with Crippen LogP contribution in [0.4, 0.5) is 4.79 Å². The van der Waals surface area contributed by atoms with Gasteiger partial charge in [-0.1, -0.05) is 24.3 Å². The highest BCUT2D eigenvalue weighted by Gasteiger charge is 2.32. The number of nitrogens with zero attached hydrogens (tertiary/aromatic N) is 2. The second kappa shape index (κ2) is 7.02. The number of carbonyl (C=O) groups excluding carboxylic acids is 2. The van der Waals surface area contributed by atoms with E-state index in [9.17, 15) is 9.59 Å². The number of aryl methyl sites for hydroxylation is 1. The van der Waals surface area contributed by atoms with Crippen LogP contribution >= 0.6 is 0 Å². The first-order chi connectivity index (χ1) is 11.2. The normalized spacial score (nSPS) is 20.8. The molecule has 1 N–H and O–H groups in total. The third kappa shape index (κ3) is 3.33. The van der Waals surface area contributed by atoms with E-state index in [2.05, 4.69) is 23.5 Å². The number of amides is 3. The van der Waals surface area contributed by atoms with Crippen molar-refractivity contribution in [2.75, 3.05) is 32.7 Å². The second-order valence-electron chi connectivity index (χ2n) is 6.29. The van der Waals surface area contributed by atoms with Crippen LogP contribution in [-0.4, -0.2) is 54.5 Å². The largest absolute Gasteiger partial charge is 0.339 e. The third-order valence-electron chi connectivity index (χ3n) is 4.87. The first-order valence-corrected chi connectivity index (χ1v) is 8.60. The Morgan fingerprint density at radius 1 is 1.13 bits per heavy atom. The zero-order valence-corrected chi connectivity index (χ0v) is 13.8. The molecule has 1 aromatic rings. The molecule has 0 aromatic heterocycles. The Hall–Kier alpha value is -2.04. The van der Waals surface area contributed by atoms with Crippen molar-refractivity contribution in [3.05, 3.63) is 35.4 Å². The summed E-state index contributed by atoms with van der Waals surface area (Å²) in [5.41, 5.74) is 2.52. The molecule has 2 aliphatic rings. The summed E-state index contributed by atoms with van der Waals surface area (Å²) < 4.78 is 0. The van der Waals surface area contributed by atoms with Gasteiger partial charge < -0.3 is 15.1 Å². The summed E-state index contributed by atoms with van der Waals surface area (Å²) >= 11 is 0. The van der Waals surface area contributed by atoms with Gasteiger partial charge in [0.05, 0.1) is 5.92 Å². The molecule has 0 radical (unpaired) electrons. The van der Waals surface area contributed by atoms with E-state index in [0.29, 0.717) is 32.7 Å². The van der Waals surface area contributed by atoms with E-state index in [4.69, 9.17) is 0 Å². The molecule has 1 aromatic carbocycles. The molecule has 1 aliphatic carbocycles. The van der Waals surface area contributed by atoms with Crippen LogP contribution in [0.25, 0.3) is 0 Å². The lowest BCUT2D eigenvalue weighted by Crippen LogP contribution is -2.54. The number of fused-ring (bicyclic) bond motifs is 1. The summed E-state index contributed by atoms with van der Waals surface area (Å²) in [5, 5.41) is 2.82. The van der Waals surface area contributed by atoms with E-state index in [1.54, 1.807) is 4.90 Å². The van der Waals surface area contributed by atoms with Crippen LogP contribution in [0.2, 0.25) is 0 Å². The van der Waals surface area contributed by atoms with Gasteiger partial charge in [-0.15, -0.1) is 0 Å². The minimum atomic E-state index is -0.0254. The van der Waals surface area contributed by atoms with E-state index in [1.807, 2.05) is 17.9 Å². The van der Waals surface area contributed by atoms with Crippen molar-refractivity contribution in [2.45, 2.75) is 32.1 Å². The van der Waals surface area contributed by atoms with Crippen LogP contribution in [-0.2, 0) is 11.2 Å². The number of nitrogens with one attached hydrogen (secondary N) is 1. The van der Waals surface area contributed by atoms with Gasteiger partial charge in [0.2, 0.25) is 5.91 Å². The standard InChI is InChI=1S/C18H25N3O2/c1-2-19-18(23)21-12-10-20(11-13-21)17(22)16-9-5-7-14-6-3-4-8-15(14)16/h3-4,6,8,16H,2,5,7,9-13H2,1H3,(H,19,23)/t16-/m0/s1. The summed E-state index contributed by atoms with van der Waals surface area (Å²) in [4.78, 5) is 28.5. The average Bonchev–Trinajstić information content (AvgIpc) is 2.61. The number of hydrogen-bond donors (Lipinski definition) is 1.